The van der Waals surface area contributed by atoms with E-state index in [1.54, 1.807) is 19.5 Å². The van der Waals surface area contributed by atoms with Crippen molar-refractivity contribution in [2.75, 3.05) is 38.6 Å². The van der Waals surface area contributed by atoms with E-state index in [4.69, 9.17) is 27.9 Å². The number of anilines is 1. The lowest BCUT2D eigenvalue weighted by Crippen LogP contribution is -2.35. The van der Waals surface area contributed by atoms with E-state index in [2.05, 4.69) is 25.5 Å². The van der Waals surface area contributed by atoms with Crippen molar-refractivity contribution in [1.29, 1.82) is 0 Å². The Balaban J connectivity index is 1.17. The third kappa shape index (κ3) is 6.59. The number of hydrogen-bond acceptors (Lipinski definition) is 6. The molecule has 3 aromatic rings. The van der Waals surface area contributed by atoms with Gasteiger partial charge in [-0.25, -0.2) is 9.97 Å². The number of carbonyl (C=O) groups is 1. The van der Waals surface area contributed by atoms with E-state index >= 15 is 0 Å². The van der Waals surface area contributed by atoms with Gasteiger partial charge in [-0.3, -0.25) is 9.69 Å². The molecule has 9 heteroatoms. The molecule has 0 radical (unpaired) electrons. The third-order valence-electron chi connectivity index (χ3n) is 5.83. The van der Waals surface area contributed by atoms with Crippen molar-refractivity contribution in [3.8, 4) is 16.9 Å². The first-order valence-electron chi connectivity index (χ1n) is 11.1. The molecule has 1 amide bonds. The molecular formula is C25H27Cl2N5O2. The van der Waals surface area contributed by atoms with Crippen LogP contribution in [0, 0.1) is 5.92 Å². The molecular weight excluding hydrogens is 473 g/mol. The molecule has 0 spiro atoms. The van der Waals surface area contributed by atoms with Crippen LogP contribution in [0.4, 0.5) is 5.95 Å². The lowest BCUT2D eigenvalue weighted by Gasteiger charge is -2.17. The van der Waals surface area contributed by atoms with Crippen LogP contribution in [-0.2, 0) is 11.3 Å². The van der Waals surface area contributed by atoms with E-state index < -0.39 is 0 Å². The van der Waals surface area contributed by atoms with Crippen LogP contribution in [0.15, 0.2) is 54.9 Å². The maximum Gasteiger partial charge on any atom is 0.239 e. The second kappa shape index (κ2) is 11.5. The maximum atomic E-state index is 12.3. The predicted octanol–water partition coefficient (Wildman–Crippen LogP) is 4.51. The number of aromatic nitrogens is 2. The number of likely N-dealkylation sites (tertiary alicyclic amines) is 1. The van der Waals surface area contributed by atoms with Crippen molar-refractivity contribution in [2.24, 2.45) is 5.92 Å². The summed E-state index contributed by atoms with van der Waals surface area (Å²) in [6.45, 7) is 3.53. The summed E-state index contributed by atoms with van der Waals surface area (Å²) in [5.74, 6) is 1.56. The number of ether oxygens (including phenoxy) is 1. The largest absolute Gasteiger partial charge is 0.497 e. The molecule has 1 aliphatic heterocycles. The Hall–Kier alpha value is -2.87. The van der Waals surface area contributed by atoms with Crippen molar-refractivity contribution >= 4 is 35.1 Å². The number of nitrogens with one attached hydrogen (secondary N) is 2. The van der Waals surface area contributed by atoms with Crippen LogP contribution in [0.5, 0.6) is 5.75 Å². The smallest absolute Gasteiger partial charge is 0.239 e. The summed E-state index contributed by atoms with van der Waals surface area (Å²) in [4.78, 5) is 23.3. The molecule has 0 bridgehead atoms. The van der Waals surface area contributed by atoms with E-state index in [0.717, 1.165) is 48.5 Å². The zero-order valence-corrected chi connectivity index (χ0v) is 20.4. The van der Waals surface area contributed by atoms with Gasteiger partial charge in [-0.05, 0) is 54.3 Å². The molecule has 178 valence electrons. The van der Waals surface area contributed by atoms with Crippen LogP contribution in [0.2, 0.25) is 10.0 Å². The quantitative estimate of drug-likeness (QED) is 0.450. The number of nitrogens with zero attached hydrogens (tertiary/aromatic N) is 3. The van der Waals surface area contributed by atoms with Gasteiger partial charge in [-0.2, -0.15) is 0 Å². The molecule has 0 saturated carbocycles. The highest BCUT2D eigenvalue weighted by atomic mass is 35.5. The average molecular weight is 500 g/mol. The first kappa shape index (κ1) is 24.3. The van der Waals surface area contributed by atoms with Gasteiger partial charge in [0.15, 0.2) is 0 Å². The zero-order chi connectivity index (χ0) is 23.9. The Morgan fingerprint density at radius 1 is 1.09 bits per heavy atom. The number of methoxy groups -OCH3 is 1. The number of rotatable bonds is 9. The zero-order valence-electron chi connectivity index (χ0n) is 18.9. The minimum atomic E-state index is -0.0780. The molecule has 1 unspecified atom stereocenters. The lowest BCUT2D eigenvalue weighted by molar-refractivity contribution is -0.119. The summed E-state index contributed by atoms with van der Waals surface area (Å²) < 4.78 is 5.18. The molecule has 2 aromatic carbocycles. The summed E-state index contributed by atoms with van der Waals surface area (Å²) in [7, 11) is 1.64. The highest BCUT2D eigenvalue weighted by Gasteiger charge is 2.23. The summed E-state index contributed by atoms with van der Waals surface area (Å²) in [5, 5.41) is 7.14. The first-order chi connectivity index (χ1) is 16.5. The van der Waals surface area contributed by atoms with Gasteiger partial charge in [0.2, 0.25) is 11.9 Å². The van der Waals surface area contributed by atoms with Crippen LogP contribution in [0.3, 0.4) is 0 Å². The molecule has 1 saturated heterocycles. The highest BCUT2D eigenvalue weighted by molar-refractivity contribution is 6.42. The van der Waals surface area contributed by atoms with E-state index in [-0.39, 0.29) is 12.5 Å². The Morgan fingerprint density at radius 3 is 2.56 bits per heavy atom. The standard InChI is InChI=1S/C25H27Cl2N5O2/c1-34-21-5-3-19(4-6-21)20-12-29-25(30-13-20)31-14-24(33)28-11-18-8-9-32(16-18)15-17-2-7-22(26)23(27)10-17/h2-7,10,12-13,18H,8-9,11,14-16H2,1H3,(H,28,33)(H,29,30,31). The molecule has 1 atom stereocenters. The van der Waals surface area contributed by atoms with Crippen LogP contribution >= 0.6 is 23.2 Å². The Kier molecular flexibility index (Phi) is 8.21. The Labute approximate surface area is 209 Å². The van der Waals surface area contributed by atoms with Gasteiger partial charge in [-0.1, -0.05) is 41.4 Å². The van der Waals surface area contributed by atoms with Crippen LogP contribution < -0.4 is 15.4 Å². The Morgan fingerprint density at radius 2 is 1.85 bits per heavy atom. The molecule has 1 fully saturated rings. The molecule has 0 aliphatic carbocycles. The van der Waals surface area contributed by atoms with Gasteiger partial charge in [0.1, 0.15) is 5.75 Å². The molecule has 4 rings (SSSR count). The number of halogens is 2. The number of benzene rings is 2. The predicted molar refractivity (Wildman–Crippen MR) is 135 cm³/mol. The number of amides is 1. The van der Waals surface area contributed by atoms with Crippen LogP contribution in [0.1, 0.15) is 12.0 Å². The highest BCUT2D eigenvalue weighted by Crippen LogP contribution is 2.25. The second-order valence-electron chi connectivity index (χ2n) is 8.32. The van der Waals surface area contributed by atoms with Crippen molar-refractivity contribution in [3.63, 3.8) is 0 Å². The topological polar surface area (TPSA) is 79.4 Å². The normalized spacial score (nSPS) is 15.8. The third-order valence-corrected chi connectivity index (χ3v) is 6.57. The maximum absolute atomic E-state index is 12.3. The Bertz CT molecular complexity index is 1110. The van der Waals surface area contributed by atoms with Crippen molar-refractivity contribution in [2.45, 2.75) is 13.0 Å². The second-order valence-corrected chi connectivity index (χ2v) is 9.13. The molecule has 34 heavy (non-hydrogen) atoms. The monoisotopic (exact) mass is 499 g/mol. The molecule has 1 aromatic heterocycles. The molecule has 2 N–H and O–H groups in total. The summed E-state index contributed by atoms with van der Waals surface area (Å²) in [6, 6.07) is 13.4. The molecule has 2 heterocycles. The molecule has 7 nitrogen and oxygen atoms in total. The van der Waals surface area contributed by atoms with Gasteiger partial charge in [0.05, 0.1) is 23.7 Å². The SMILES string of the molecule is COc1ccc(-c2cnc(NCC(=O)NCC3CCN(Cc4ccc(Cl)c(Cl)c4)C3)nc2)cc1. The van der Waals surface area contributed by atoms with E-state index in [1.807, 2.05) is 42.5 Å². The lowest BCUT2D eigenvalue weighted by atomic mass is 10.1. The van der Waals surface area contributed by atoms with Crippen LogP contribution in [-0.4, -0.2) is 54.1 Å². The van der Waals surface area contributed by atoms with Crippen molar-refractivity contribution in [1.82, 2.24) is 20.2 Å². The van der Waals surface area contributed by atoms with E-state index in [0.29, 0.717) is 28.5 Å². The van der Waals surface area contributed by atoms with Gasteiger partial charge in [0.25, 0.3) is 0 Å². The van der Waals surface area contributed by atoms with Gasteiger partial charge < -0.3 is 15.4 Å². The fraction of sp³-hybridized carbons (Fsp3) is 0.320. The number of hydrogen-bond donors (Lipinski definition) is 2. The fourth-order valence-corrected chi connectivity index (χ4v) is 4.27. The van der Waals surface area contributed by atoms with Gasteiger partial charge in [0, 0.05) is 37.6 Å². The van der Waals surface area contributed by atoms with E-state index in [1.165, 1.54) is 0 Å². The van der Waals surface area contributed by atoms with Crippen molar-refractivity contribution < 1.29 is 9.53 Å². The minimum Gasteiger partial charge on any atom is -0.497 e. The fourth-order valence-electron chi connectivity index (χ4n) is 3.95. The van der Waals surface area contributed by atoms with Crippen molar-refractivity contribution in [3.05, 3.63) is 70.5 Å². The van der Waals surface area contributed by atoms with E-state index in [9.17, 15) is 4.79 Å². The minimum absolute atomic E-state index is 0.0780. The summed E-state index contributed by atoms with van der Waals surface area (Å²) >= 11 is 12.1. The van der Waals surface area contributed by atoms with Gasteiger partial charge in [-0.15, -0.1) is 0 Å². The first-order valence-corrected chi connectivity index (χ1v) is 11.9. The molecule has 1 aliphatic rings. The average Bonchev–Trinajstić information content (AvgIpc) is 3.31. The summed E-state index contributed by atoms with van der Waals surface area (Å²) in [6.07, 6.45) is 4.51. The number of carbonyl (C=O) groups excluding carboxylic acids is 1. The van der Waals surface area contributed by atoms with Crippen LogP contribution in [0.25, 0.3) is 11.1 Å². The van der Waals surface area contributed by atoms with Gasteiger partial charge >= 0.3 is 0 Å². The summed E-state index contributed by atoms with van der Waals surface area (Å²) in [5.41, 5.74) is 3.03.